The van der Waals surface area contributed by atoms with Crippen molar-refractivity contribution in [3.05, 3.63) is 29.8 Å². The minimum atomic E-state index is 0.0215. The highest BCUT2D eigenvalue weighted by molar-refractivity contribution is 5.76. The Morgan fingerprint density at radius 3 is 2.80 bits per heavy atom. The molecule has 1 heterocycles. The molecule has 1 aromatic carbocycles. The predicted octanol–water partition coefficient (Wildman–Crippen LogP) is 4.51. The van der Waals surface area contributed by atoms with E-state index in [1.165, 1.54) is 6.42 Å². The maximum Gasteiger partial charge on any atom is 0.222 e. The molecular weight excluding hydrogens is 378 g/mol. The van der Waals surface area contributed by atoms with Crippen molar-refractivity contribution >= 4 is 5.91 Å². The number of benzene rings is 1. The summed E-state index contributed by atoms with van der Waals surface area (Å²) in [7, 11) is 1.64. The number of fused-ring (bicyclic) bond motifs is 1. The highest BCUT2D eigenvalue weighted by Gasteiger charge is 2.68. The summed E-state index contributed by atoms with van der Waals surface area (Å²) in [4.78, 5) is 12.7. The number of methoxy groups -OCH3 is 1. The first-order chi connectivity index (χ1) is 14.3. The van der Waals surface area contributed by atoms with Gasteiger partial charge in [-0.05, 0) is 61.8 Å². The molecule has 1 aromatic rings. The summed E-state index contributed by atoms with van der Waals surface area (Å²) in [6.07, 6.45) is 3.89. The van der Waals surface area contributed by atoms with E-state index in [9.17, 15) is 4.79 Å². The predicted molar refractivity (Wildman–Crippen MR) is 116 cm³/mol. The van der Waals surface area contributed by atoms with Crippen molar-refractivity contribution < 1.29 is 19.0 Å². The van der Waals surface area contributed by atoms with E-state index in [2.05, 4.69) is 51.2 Å². The quantitative estimate of drug-likeness (QED) is 0.712. The Labute approximate surface area is 180 Å². The molecule has 3 fully saturated rings. The molecule has 5 nitrogen and oxygen atoms in total. The molecule has 5 heteroatoms. The van der Waals surface area contributed by atoms with Crippen LogP contribution in [0, 0.1) is 22.7 Å². The van der Waals surface area contributed by atoms with Gasteiger partial charge in [-0.25, -0.2) is 0 Å². The molecule has 1 spiro atoms. The van der Waals surface area contributed by atoms with Gasteiger partial charge in [0.15, 0.2) is 0 Å². The number of carbonyl (C=O) groups is 1. The van der Waals surface area contributed by atoms with Crippen LogP contribution in [-0.2, 0) is 14.3 Å². The minimum absolute atomic E-state index is 0.0215. The number of rotatable bonds is 7. The first kappa shape index (κ1) is 21.6. The van der Waals surface area contributed by atoms with Gasteiger partial charge in [0.1, 0.15) is 5.75 Å². The molecule has 0 aromatic heterocycles. The molecule has 2 saturated carbocycles. The molecule has 0 radical (unpaired) electrons. The number of hydrogen-bond donors (Lipinski definition) is 1. The zero-order valence-electron chi connectivity index (χ0n) is 19.1. The Bertz CT molecular complexity index is 776. The molecule has 5 atom stereocenters. The Balaban J connectivity index is 1.64. The van der Waals surface area contributed by atoms with Gasteiger partial charge in [0, 0.05) is 31.7 Å². The van der Waals surface area contributed by atoms with Crippen molar-refractivity contribution in [1.82, 2.24) is 5.32 Å². The molecule has 4 rings (SSSR count). The topological polar surface area (TPSA) is 56.8 Å². The SMILES string of the molecule is COCCC(=O)N[C@H]1C(C)(C)[C@@H]2C[C@@H]3[C@@H](c4ccccc4OC(C)C)OCC[C@@]31C2. The number of para-hydroxylation sites is 1. The fourth-order valence-electron chi connectivity index (χ4n) is 6.60. The summed E-state index contributed by atoms with van der Waals surface area (Å²) >= 11 is 0. The van der Waals surface area contributed by atoms with E-state index in [4.69, 9.17) is 14.2 Å². The van der Waals surface area contributed by atoms with Gasteiger partial charge in [0.2, 0.25) is 5.91 Å². The second-order valence-corrected chi connectivity index (χ2v) is 10.3. The third-order valence-electron chi connectivity index (χ3n) is 7.93. The van der Waals surface area contributed by atoms with Gasteiger partial charge in [-0.1, -0.05) is 32.0 Å². The second-order valence-electron chi connectivity index (χ2n) is 10.3. The van der Waals surface area contributed by atoms with E-state index in [0.717, 1.165) is 30.8 Å². The number of hydrogen-bond acceptors (Lipinski definition) is 4. The first-order valence-corrected chi connectivity index (χ1v) is 11.4. The van der Waals surface area contributed by atoms with Gasteiger partial charge in [0.25, 0.3) is 0 Å². The Kier molecular flexibility index (Phi) is 5.88. The summed E-state index contributed by atoms with van der Waals surface area (Å²) in [5, 5.41) is 3.44. The van der Waals surface area contributed by atoms with E-state index >= 15 is 0 Å². The molecule has 166 valence electrons. The number of nitrogens with one attached hydrogen (secondary N) is 1. The summed E-state index contributed by atoms with van der Waals surface area (Å²) in [6, 6.07) is 8.49. The third-order valence-corrected chi connectivity index (χ3v) is 7.93. The van der Waals surface area contributed by atoms with Crippen LogP contribution in [-0.4, -0.2) is 38.4 Å². The smallest absolute Gasteiger partial charge is 0.222 e. The molecule has 1 saturated heterocycles. The van der Waals surface area contributed by atoms with Crippen LogP contribution >= 0.6 is 0 Å². The van der Waals surface area contributed by atoms with Crippen molar-refractivity contribution in [1.29, 1.82) is 0 Å². The molecule has 30 heavy (non-hydrogen) atoms. The van der Waals surface area contributed by atoms with Crippen LogP contribution in [0.25, 0.3) is 0 Å². The highest BCUT2D eigenvalue weighted by atomic mass is 16.5. The van der Waals surface area contributed by atoms with Gasteiger partial charge in [0.05, 0.1) is 18.8 Å². The molecular formula is C25H37NO4. The Hall–Kier alpha value is -1.59. The van der Waals surface area contributed by atoms with E-state index in [1.54, 1.807) is 7.11 Å². The van der Waals surface area contributed by atoms with Gasteiger partial charge in [-0.15, -0.1) is 0 Å². The highest BCUT2D eigenvalue weighted by Crippen LogP contribution is 2.70. The van der Waals surface area contributed by atoms with Crippen LogP contribution < -0.4 is 10.1 Å². The minimum Gasteiger partial charge on any atom is -0.491 e. The summed E-state index contributed by atoms with van der Waals surface area (Å²) in [5.74, 6) is 2.02. The zero-order chi connectivity index (χ0) is 21.5. The van der Waals surface area contributed by atoms with Crippen LogP contribution in [0.5, 0.6) is 5.75 Å². The van der Waals surface area contributed by atoms with Gasteiger partial charge >= 0.3 is 0 Å². The van der Waals surface area contributed by atoms with Crippen LogP contribution in [0.15, 0.2) is 24.3 Å². The average molecular weight is 416 g/mol. The molecule has 3 aliphatic rings. The lowest BCUT2D eigenvalue weighted by Crippen LogP contribution is -2.59. The van der Waals surface area contributed by atoms with Crippen LogP contribution in [0.3, 0.4) is 0 Å². The Morgan fingerprint density at radius 2 is 2.07 bits per heavy atom. The lowest BCUT2D eigenvalue weighted by atomic mass is 9.58. The van der Waals surface area contributed by atoms with Gasteiger partial charge in [-0.3, -0.25) is 4.79 Å². The van der Waals surface area contributed by atoms with Gasteiger partial charge in [-0.2, -0.15) is 0 Å². The summed E-state index contributed by atoms with van der Waals surface area (Å²) in [5.41, 5.74) is 1.34. The summed E-state index contributed by atoms with van der Waals surface area (Å²) < 4.78 is 17.7. The molecule has 0 unspecified atom stereocenters. The molecule has 2 aliphatic carbocycles. The number of amides is 1. The normalized spacial score (nSPS) is 34.1. The maximum absolute atomic E-state index is 12.7. The standard InChI is InChI=1S/C25H37NO4/c1-16(2)30-20-9-7-6-8-18(20)22-19-14-17-15-25(19,11-13-29-22)23(24(17,3)4)26-21(27)10-12-28-5/h6-9,16-17,19,22-23H,10-15H2,1-5H3,(H,26,27)/t17-,19-,22-,23+,25-/m1/s1. The van der Waals surface area contributed by atoms with Gasteiger partial charge < -0.3 is 19.5 Å². The van der Waals surface area contributed by atoms with Crippen molar-refractivity contribution in [2.45, 2.75) is 71.6 Å². The first-order valence-electron chi connectivity index (χ1n) is 11.4. The van der Waals surface area contributed by atoms with Crippen molar-refractivity contribution in [2.75, 3.05) is 20.3 Å². The molecule has 1 N–H and O–H groups in total. The maximum atomic E-state index is 12.7. The van der Waals surface area contributed by atoms with Crippen LogP contribution in [0.1, 0.15) is 65.0 Å². The lowest BCUT2D eigenvalue weighted by molar-refractivity contribution is -0.138. The largest absolute Gasteiger partial charge is 0.491 e. The van der Waals surface area contributed by atoms with Crippen molar-refractivity contribution in [2.24, 2.45) is 22.7 Å². The van der Waals surface area contributed by atoms with E-state index in [1.807, 2.05) is 6.07 Å². The molecule has 2 bridgehead atoms. The molecule has 1 amide bonds. The summed E-state index contributed by atoms with van der Waals surface area (Å²) in [6.45, 7) is 9.99. The average Bonchev–Trinajstić information content (AvgIpc) is 3.19. The lowest BCUT2D eigenvalue weighted by Gasteiger charge is -2.53. The van der Waals surface area contributed by atoms with Crippen LogP contribution in [0.4, 0.5) is 0 Å². The second kappa shape index (κ2) is 8.16. The van der Waals surface area contributed by atoms with Crippen molar-refractivity contribution in [3.8, 4) is 5.75 Å². The molecule has 1 aliphatic heterocycles. The fourth-order valence-corrected chi connectivity index (χ4v) is 6.60. The monoisotopic (exact) mass is 415 g/mol. The van der Waals surface area contributed by atoms with Crippen LogP contribution in [0.2, 0.25) is 0 Å². The zero-order valence-corrected chi connectivity index (χ0v) is 19.1. The van der Waals surface area contributed by atoms with E-state index in [-0.39, 0.29) is 35.0 Å². The third kappa shape index (κ3) is 3.54. The Morgan fingerprint density at radius 1 is 1.30 bits per heavy atom. The number of carbonyl (C=O) groups excluding carboxylic acids is 1. The van der Waals surface area contributed by atoms with E-state index in [0.29, 0.717) is 24.9 Å². The van der Waals surface area contributed by atoms with Crippen molar-refractivity contribution in [3.63, 3.8) is 0 Å². The van der Waals surface area contributed by atoms with E-state index < -0.39 is 0 Å². The fraction of sp³-hybridized carbons (Fsp3) is 0.720. The number of ether oxygens (including phenoxy) is 3.